The molecular weight excluding hydrogens is 272 g/mol. The van der Waals surface area contributed by atoms with Gasteiger partial charge in [-0.3, -0.25) is 4.79 Å². The Morgan fingerprint density at radius 1 is 1.32 bits per heavy atom. The van der Waals surface area contributed by atoms with Gasteiger partial charge in [-0.2, -0.15) is 0 Å². The van der Waals surface area contributed by atoms with Gasteiger partial charge in [0.1, 0.15) is 0 Å². The molecule has 0 spiro atoms. The van der Waals surface area contributed by atoms with Crippen LogP contribution in [0.25, 0.3) is 0 Å². The van der Waals surface area contributed by atoms with Gasteiger partial charge in [0.05, 0.1) is 0 Å². The molecule has 0 radical (unpaired) electrons. The minimum Gasteiger partial charge on any atom is -0.356 e. The van der Waals surface area contributed by atoms with E-state index in [-0.39, 0.29) is 5.91 Å². The van der Waals surface area contributed by atoms with Crippen LogP contribution in [0.1, 0.15) is 56.6 Å². The lowest BCUT2D eigenvalue weighted by atomic mass is 9.96. The van der Waals surface area contributed by atoms with E-state index < -0.39 is 0 Å². The van der Waals surface area contributed by atoms with Gasteiger partial charge in [-0.25, -0.2) is 0 Å². The lowest BCUT2D eigenvalue weighted by Crippen LogP contribution is -2.33. The van der Waals surface area contributed by atoms with E-state index in [0.29, 0.717) is 12.3 Å². The summed E-state index contributed by atoms with van der Waals surface area (Å²) in [5, 5.41) is 6.48. The molecule has 1 atom stereocenters. The number of amides is 1. The quantitative estimate of drug-likeness (QED) is 0.812. The van der Waals surface area contributed by atoms with Gasteiger partial charge in [0.25, 0.3) is 0 Å². The van der Waals surface area contributed by atoms with Gasteiger partial charge < -0.3 is 10.6 Å². The fraction of sp³-hybridized carbons (Fsp3) is 0.632. The van der Waals surface area contributed by atoms with Crippen LogP contribution < -0.4 is 10.6 Å². The normalized spacial score (nSPS) is 18.4. The molecule has 0 aliphatic carbocycles. The maximum absolute atomic E-state index is 11.9. The van der Waals surface area contributed by atoms with E-state index in [4.69, 9.17) is 0 Å². The van der Waals surface area contributed by atoms with Crippen molar-refractivity contribution in [2.75, 3.05) is 19.6 Å². The second-order valence-corrected chi connectivity index (χ2v) is 6.75. The van der Waals surface area contributed by atoms with Gasteiger partial charge in [0.15, 0.2) is 0 Å². The van der Waals surface area contributed by atoms with E-state index in [1.165, 1.54) is 24.0 Å². The van der Waals surface area contributed by atoms with E-state index in [9.17, 15) is 4.79 Å². The van der Waals surface area contributed by atoms with Crippen molar-refractivity contribution in [3.8, 4) is 0 Å². The van der Waals surface area contributed by atoms with Crippen molar-refractivity contribution in [3.63, 3.8) is 0 Å². The zero-order chi connectivity index (χ0) is 15.8. The predicted octanol–water partition coefficient (Wildman–Crippen LogP) is 3.25. The van der Waals surface area contributed by atoms with Crippen molar-refractivity contribution in [1.29, 1.82) is 0 Å². The fourth-order valence-electron chi connectivity index (χ4n) is 3.00. The zero-order valence-corrected chi connectivity index (χ0v) is 14.0. The number of piperidine rings is 1. The molecule has 1 aromatic rings. The molecule has 3 nitrogen and oxygen atoms in total. The minimum atomic E-state index is 0.178. The van der Waals surface area contributed by atoms with E-state index in [0.717, 1.165) is 38.4 Å². The monoisotopic (exact) mass is 302 g/mol. The molecule has 3 heteroatoms. The van der Waals surface area contributed by atoms with Gasteiger partial charge >= 0.3 is 0 Å². The molecule has 2 N–H and O–H groups in total. The Labute approximate surface area is 134 Å². The second kappa shape index (κ2) is 8.94. The summed E-state index contributed by atoms with van der Waals surface area (Å²) in [7, 11) is 0. The van der Waals surface area contributed by atoms with Crippen LogP contribution >= 0.6 is 0 Å². The maximum atomic E-state index is 11.9. The van der Waals surface area contributed by atoms with Gasteiger partial charge in [0.2, 0.25) is 5.91 Å². The molecule has 122 valence electrons. The van der Waals surface area contributed by atoms with Crippen LogP contribution in [0, 0.1) is 5.92 Å². The maximum Gasteiger partial charge on any atom is 0.220 e. The number of hydrogen-bond acceptors (Lipinski definition) is 2. The number of nitrogens with one attached hydrogen (secondary N) is 2. The Morgan fingerprint density at radius 2 is 2.09 bits per heavy atom. The fourth-order valence-corrected chi connectivity index (χ4v) is 3.00. The summed E-state index contributed by atoms with van der Waals surface area (Å²) in [6.07, 6.45) is 5.08. The van der Waals surface area contributed by atoms with E-state index >= 15 is 0 Å². The van der Waals surface area contributed by atoms with E-state index in [1.807, 2.05) is 0 Å². The first-order valence-corrected chi connectivity index (χ1v) is 8.71. The standard InChI is InChI=1S/C19H30N2O/c1-15(2)18-8-5-16(6-9-18)7-10-19(22)21-13-11-17-4-3-12-20-14-17/h5-6,8-9,15,17,20H,3-4,7,10-14H2,1-2H3,(H,21,22). The third-order valence-corrected chi connectivity index (χ3v) is 4.56. The van der Waals surface area contributed by atoms with E-state index in [2.05, 4.69) is 48.7 Å². The smallest absolute Gasteiger partial charge is 0.220 e. The van der Waals surface area contributed by atoms with Gasteiger partial charge in [-0.15, -0.1) is 0 Å². The van der Waals surface area contributed by atoms with Crippen LogP contribution in [-0.2, 0) is 11.2 Å². The largest absolute Gasteiger partial charge is 0.356 e. The van der Waals surface area contributed by atoms with Crippen LogP contribution in [0.4, 0.5) is 0 Å². The van der Waals surface area contributed by atoms with Crippen molar-refractivity contribution < 1.29 is 4.79 Å². The molecular formula is C19H30N2O. The van der Waals surface area contributed by atoms with Crippen LogP contribution in [-0.4, -0.2) is 25.5 Å². The van der Waals surface area contributed by atoms with Gasteiger partial charge in [-0.1, -0.05) is 38.1 Å². The summed E-state index contributed by atoms with van der Waals surface area (Å²) in [6, 6.07) is 8.65. The molecule has 2 rings (SSSR count). The van der Waals surface area contributed by atoms with E-state index in [1.54, 1.807) is 0 Å². The van der Waals surface area contributed by atoms with Crippen LogP contribution in [0.15, 0.2) is 24.3 Å². The zero-order valence-electron chi connectivity index (χ0n) is 14.0. The van der Waals surface area contributed by atoms with Crippen LogP contribution in [0.3, 0.4) is 0 Å². The van der Waals surface area contributed by atoms with Gasteiger partial charge in [-0.05, 0) is 61.7 Å². The molecule has 1 aliphatic rings. The molecule has 1 fully saturated rings. The second-order valence-electron chi connectivity index (χ2n) is 6.75. The third-order valence-electron chi connectivity index (χ3n) is 4.56. The minimum absolute atomic E-state index is 0.178. The van der Waals surface area contributed by atoms with Crippen molar-refractivity contribution in [2.45, 2.75) is 51.9 Å². The lowest BCUT2D eigenvalue weighted by molar-refractivity contribution is -0.121. The summed E-state index contributed by atoms with van der Waals surface area (Å²) in [5.41, 5.74) is 2.60. The Morgan fingerprint density at radius 3 is 2.73 bits per heavy atom. The average Bonchev–Trinajstić information content (AvgIpc) is 2.54. The number of rotatable bonds is 7. The summed E-state index contributed by atoms with van der Waals surface area (Å²) in [5.74, 6) is 1.47. The number of carbonyl (C=O) groups is 1. The molecule has 1 amide bonds. The Hall–Kier alpha value is -1.35. The number of aryl methyl sites for hydroxylation is 1. The molecule has 1 heterocycles. The Bertz CT molecular complexity index is 447. The van der Waals surface area contributed by atoms with Gasteiger partial charge in [0, 0.05) is 13.0 Å². The molecule has 1 aliphatic heterocycles. The number of carbonyl (C=O) groups excluding carboxylic acids is 1. The van der Waals surface area contributed by atoms with Crippen LogP contribution in [0.5, 0.6) is 0 Å². The highest BCUT2D eigenvalue weighted by Gasteiger charge is 2.12. The first kappa shape index (κ1) is 17.0. The highest BCUT2D eigenvalue weighted by Crippen LogP contribution is 2.15. The van der Waals surface area contributed by atoms with Crippen molar-refractivity contribution in [1.82, 2.24) is 10.6 Å². The van der Waals surface area contributed by atoms with Crippen molar-refractivity contribution in [3.05, 3.63) is 35.4 Å². The highest BCUT2D eigenvalue weighted by atomic mass is 16.1. The number of hydrogen-bond donors (Lipinski definition) is 2. The lowest BCUT2D eigenvalue weighted by Gasteiger charge is -2.22. The SMILES string of the molecule is CC(C)c1ccc(CCC(=O)NCCC2CCCNC2)cc1. The molecule has 0 aromatic heterocycles. The highest BCUT2D eigenvalue weighted by molar-refractivity contribution is 5.76. The molecule has 1 unspecified atom stereocenters. The molecule has 1 aromatic carbocycles. The predicted molar refractivity (Wildman–Crippen MR) is 92.1 cm³/mol. The Kier molecular flexibility index (Phi) is 6.91. The summed E-state index contributed by atoms with van der Waals surface area (Å²) in [6.45, 7) is 7.47. The molecule has 0 bridgehead atoms. The molecule has 0 saturated carbocycles. The summed E-state index contributed by atoms with van der Waals surface area (Å²) >= 11 is 0. The first-order valence-electron chi connectivity index (χ1n) is 8.71. The van der Waals surface area contributed by atoms with Crippen molar-refractivity contribution in [2.24, 2.45) is 5.92 Å². The molecule has 22 heavy (non-hydrogen) atoms. The first-order chi connectivity index (χ1) is 10.6. The Balaban J connectivity index is 1.62. The number of benzene rings is 1. The summed E-state index contributed by atoms with van der Waals surface area (Å²) < 4.78 is 0. The average molecular weight is 302 g/mol. The third kappa shape index (κ3) is 5.80. The topological polar surface area (TPSA) is 41.1 Å². The molecule has 1 saturated heterocycles. The van der Waals surface area contributed by atoms with Crippen molar-refractivity contribution >= 4 is 5.91 Å². The van der Waals surface area contributed by atoms with Crippen LogP contribution in [0.2, 0.25) is 0 Å². The summed E-state index contributed by atoms with van der Waals surface area (Å²) in [4.78, 5) is 11.9.